The van der Waals surface area contributed by atoms with Gasteiger partial charge in [-0.3, -0.25) is 4.79 Å². The van der Waals surface area contributed by atoms with Gasteiger partial charge < -0.3 is 15.2 Å². The molecule has 2 aromatic rings. The zero-order chi connectivity index (χ0) is 16.8. The topological polar surface area (TPSA) is 75.6 Å². The molecule has 0 unspecified atom stereocenters. The summed E-state index contributed by atoms with van der Waals surface area (Å²) in [5.74, 6) is -1.16. The molecule has 0 fully saturated rings. The first kappa shape index (κ1) is 16.5. The second kappa shape index (κ2) is 7.45. The Kier molecular flexibility index (Phi) is 5.36. The molecule has 0 spiro atoms. The van der Waals surface area contributed by atoms with E-state index in [-0.39, 0.29) is 11.7 Å². The Morgan fingerprint density at radius 2 is 1.61 bits per heavy atom. The van der Waals surface area contributed by atoms with Crippen LogP contribution < -0.4 is 5.32 Å². The number of carbonyl (C=O) groups excluding carboxylic acids is 2. The van der Waals surface area contributed by atoms with Crippen LogP contribution in [0.2, 0.25) is 0 Å². The number of esters is 1. The highest BCUT2D eigenvalue weighted by molar-refractivity contribution is 5.89. The van der Waals surface area contributed by atoms with E-state index < -0.39 is 17.9 Å². The third-order valence-electron chi connectivity index (χ3n) is 3.64. The lowest BCUT2D eigenvalue weighted by Crippen LogP contribution is -2.36. The molecule has 2 rings (SSSR count). The van der Waals surface area contributed by atoms with E-state index in [1.54, 1.807) is 19.1 Å². The van der Waals surface area contributed by atoms with Crippen molar-refractivity contribution in [2.45, 2.75) is 18.9 Å². The lowest BCUT2D eigenvalue weighted by molar-refractivity contribution is -0.145. The predicted molar refractivity (Wildman–Crippen MR) is 85.9 cm³/mol. The minimum Gasteiger partial charge on any atom is -0.508 e. The molecule has 0 saturated carbocycles. The monoisotopic (exact) mass is 313 g/mol. The van der Waals surface area contributed by atoms with Crippen LogP contribution in [0.5, 0.6) is 5.75 Å². The van der Waals surface area contributed by atoms with Crippen molar-refractivity contribution in [3.05, 3.63) is 65.7 Å². The molecule has 0 radical (unpaired) electrons. The fourth-order valence-corrected chi connectivity index (χ4v) is 2.22. The molecule has 0 heterocycles. The number of phenols is 1. The highest BCUT2D eigenvalue weighted by Crippen LogP contribution is 2.21. The molecule has 2 atom stereocenters. The third-order valence-corrected chi connectivity index (χ3v) is 3.64. The summed E-state index contributed by atoms with van der Waals surface area (Å²) in [6, 6.07) is 14.5. The third kappa shape index (κ3) is 4.10. The summed E-state index contributed by atoms with van der Waals surface area (Å²) in [5.41, 5.74) is 1.41. The molecular weight excluding hydrogens is 294 g/mol. The van der Waals surface area contributed by atoms with Gasteiger partial charge in [0.2, 0.25) is 5.91 Å². The average molecular weight is 313 g/mol. The Labute approximate surface area is 134 Å². The van der Waals surface area contributed by atoms with Crippen LogP contribution in [0.4, 0.5) is 0 Å². The van der Waals surface area contributed by atoms with Gasteiger partial charge in [0, 0.05) is 0 Å². The SMILES string of the molecule is COC(=O)[C@H](NC(=O)[C@@H](C)c1ccccc1)c1ccc(O)cc1. The Balaban J connectivity index is 2.19. The van der Waals surface area contributed by atoms with Crippen LogP contribution in [0.1, 0.15) is 30.0 Å². The largest absolute Gasteiger partial charge is 0.508 e. The summed E-state index contributed by atoms with van der Waals surface area (Å²) >= 11 is 0. The molecule has 0 aliphatic heterocycles. The zero-order valence-electron chi connectivity index (χ0n) is 13.0. The molecular formula is C18H19NO4. The minimum atomic E-state index is -0.917. The molecule has 23 heavy (non-hydrogen) atoms. The van der Waals surface area contributed by atoms with Gasteiger partial charge in [-0.25, -0.2) is 4.79 Å². The summed E-state index contributed by atoms with van der Waals surface area (Å²) in [6.07, 6.45) is 0. The number of nitrogens with one attached hydrogen (secondary N) is 1. The molecule has 0 saturated heterocycles. The van der Waals surface area contributed by atoms with Gasteiger partial charge in [-0.1, -0.05) is 42.5 Å². The first-order chi connectivity index (χ1) is 11.0. The highest BCUT2D eigenvalue weighted by Gasteiger charge is 2.26. The van der Waals surface area contributed by atoms with Crippen molar-refractivity contribution in [2.24, 2.45) is 0 Å². The summed E-state index contributed by atoms with van der Waals surface area (Å²) in [7, 11) is 1.27. The Morgan fingerprint density at radius 1 is 1.00 bits per heavy atom. The molecule has 5 nitrogen and oxygen atoms in total. The lowest BCUT2D eigenvalue weighted by Gasteiger charge is -2.20. The van der Waals surface area contributed by atoms with Gasteiger partial charge in [0.1, 0.15) is 5.75 Å². The van der Waals surface area contributed by atoms with Crippen molar-refractivity contribution >= 4 is 11.9 Å². The Hall–Kier alpha value is -2.82. The van der Waals surface area contributed by atoms with Crippen molar-refractivity contribution in [2.75, 3.05) is 7.11 Å². The van der Waals surface area contributed by atoms with E-state index in [4.69, 9.17) is 4.74 Å². The zero-order valence-corrected chi connectivity index (χ0v) is 13.0. The summed E-state index contributed by atoms with van der Waals surface area (Å²) in [5, 5.41) is 12.1. The number of hydrogen-bond donors (Lipinski definition) is 2. The summed E-state index contributed by atoms with van der Waals surface area (Å²) < 4.78 is 4.77. The maximum atomic E-state index is 12.4. The van der Waals surface area contributed by atoms with Crippen molar-refractivity contribution in [3.8, 4) is 5.75 Å². The van der Waals surface area contributed by atoms with Crippen LogP contribution in [-0.2, 0) is 14.3 Å². The van der Waals surface area contributed by atoms with Crippen LogP contribution >= 0.6 is 0 Å². The second-order valence-corrected chi connectivity index (χ2v) is 5.19. The predicted octanol–water partition coefficient (Wildman–Crippen LogP) is 2.53. The van der Waals surface area contributed by atoms with Crippen LogP contribution in [0, 0.1) is 0 Å². The molecule has 0 aliphatic carbocycles. The first-order valence-electron chi connectivity index (χ1n) is 7.25. The number of aromatic hydroxyl groups is 1. The number of hydrogen-bond acceptors (Lipinski definition) is 4. The number of methoxy groups -OCH3 is 1. The molecule has 0 aromatic heterocycles. The minimum absolute atomic E-state index is 0.0846. The summed E-state index contributed by atoms with van der Waals surface area (Å²) in [6.45, 7) is 1.77. The first-order valence-corrected chi connectivity index (χ1v) is 7.25. The number of ether oxygens (including phenoxy) is 1. The number of carbonyl (C=O) groups is 2. The normalized spacial score (nSPS) is 13.0. The molecule has 0 aliphatic rings. The molecule has 0 bridgehead atoms. The van der Waals surface area contributed by atoms with Gasteiger partial charge in [0.25, 0.3) is 0 Å². The molecule has 120 valence electrons. The van der Waals surface area contributed by atoms with Gasteiger partial charge in [0.15, 0.2) is 6.04 Å². The van der Waals surface area contributed by atoms with E-state index in [0.29, 0.717) is 5.56 Å². The quantitative estimate of drug-likeness (QED) is 0.832. The highest BCUT2D eigenvalue weighted by atomic mass is 16.5. The number of rotatable bonds is 5. The summed E-state index contributed by atoms with van der Waals surface area (Å²) in [4.78, 5) is 24.4. The smallest absolute Gasteiger partial charge is 0.333 e. The molecule has 2 aromatic carbocycles. The van der Waals surface area contributed by atoms with Crippen molar-refractivity contribution in [1.29, 1.82) is 0 Å². The molecule has 2 N–H and O–H groups in total. The van der Waals surface area contributed by atoms with E-state index in [9.17, 15) is 14.7 Å². The average Bonchev–Trinajstić information content (AvgIpc) is 2.59. The van der Waals surface area contributed by atoms with E-state index in [0.717, 1.165) is 5.56 Å². The van der Waals surface area contributed by atoms with Crippen molar-refractivity contribution < 1.29 is 19.4 Å². The fraction of sp³-hybridized carbons (Fsp3) is 0.222. The van der Waals surface area contributed by atoms with E-state index >= 15 is 0 Å². The van der Waals surface area contributed by atoms with Gasteiger partial charge in [-0.2, -0.15) is 0 Å². The van der Waals surface area contributed by atoms with E-state index in [2.05, 4.69) is 5.32 Å². The fourth-order valence-electron chi connectivity index (χ4n) is 2.22. The van der Waals surface area contributed by atoms with Crippen molar-refractivity contribution in [3.63, 3.8) is 0 Å². The maximum Gasteiger partial charge on any atom is 0.333 e. The Morgan fingerprint density at radius 3 is 2.17 bits per heavy atom. The van der Waals surface area contributed by atoms with Gasteiger partial charge >= 0.3 is 5.97 Å². The van der Waals surface area contributed by atoms with Gasteiger partial charge in [-0.15, -0.1) is 0 Å². The number of amides is 1. The lowest BCUT2D eigenvalue weighted by atomic mass is 9.99. The standard InChI is InChI=1S/C18H19NO4/c1-12(13-6-4-3-5-7-13)17(21)19-16(18(22)23-2)14-8-10-15(20)11-9-14/h3-12,16,20H,1-2H3,(H,19,21)/t12-,16+/m0/s1. The molecule has 1 amide bonds. The number of benzene rings is 2. The van der Waals surface area contributed by atoms with Crippen molar-refractivity contribution in [1.82, 2.24) is 5.32 Å². The second-order valence-electron chi connectivity index (χ2n) is 5.19. The van der Waals surface area contributed by atoms with Gasteiger partial charge in [0.05, 0.1) is 13.0 Å². The maximum absolute atomic E-state index is 12.4. The van der Waals surface area contributed by atoms with Crippen LogP contribution in [-0.4, -0.2) is 24.1 Å². The van der Waals surface area contributed by atoms with E-state index in [1.165, 1.54) is 19.2 Å². The Bertz CT molecular complexity index is 667. The van der Waals surface area contributed by atoms with Crippen LogP contribution in [0.25, 0.3) is 0 Å². The molecule has 5 heteroatoms. The number of phenolic OH excluding ortho intramolecular Hbond substituents is 1. The van der Waals surface area contributed by atoms with E-state index in [1.807, 2.05) is 30.3 Å². The van der Waals surface area contributed by atoms with Crippen LogP contribution in [0.3, 0.4) is 0 Å². The van der Waals surface area contributed by atoms with Crippen LogP contribution in [0.15, 0.2) is 54.6 Å². The van der Waals surface area contributed by atoms with Gasteiger partial charge in [-0.05, 0) is 30.2 Å².